The summed E-state index contributed by atoms with van der Waals surface area (Å²) in [6.07, 6.45) is -0.940. The lowest BCUT2D eigenvalue weighted by Crippen LogP contribution is -2.31. The molecule has 0 fully saturated rings. The number of hydrogen-bond acceptors (Lipinski definition) is 6. The fraction of sp³-hybridized carbons (Fsp3) is 0.138. The summed E-state index contributed by atoms with van der Waals surface area (Å²) < 4.78 is 55.3. The van der Waals surface area contributed by atoms with Gasteiger partial charge in [0.05, 0.1) is 29.3 Å². The summed E-state index contributed by atoms with van der Waals surface area (Å²) >= 11 is 0. The molecule has 5 aromatic rings. The van der Waals surface area contributed by atoms with Crippen molar-refractivity contribution < 1.29 is 22.7 Å². The number of nitrogens with zero attached hydrogens (tertiary/aromatic N) is 6. The molecule has 11 heteroatoms. The van der Waals surface area contributed by atoms with Gasteiger partial charge >= 0.3 is 6.18 Å². The smallest absolute Gasteiger partial charge is 0.374 e. The van der Waals surface area contributed by atoms with E-state index in [2.05, 4.69) is 21.0 Å². The van der Waals surface area contributed by atoms with Gasteiger partial charge in [0.1, 0.15) is 29.3 Å². The van der Waals surface area contributed by atoms with Gasteiger partial charge in [-0.2, -0.15) is 23.7 Å². The number of aryl methyl sites for hydroxylation is 2. The lowest BCUT2D eigenvalue weighted by molar-refractivity contribution is -0.141. The van der Waals surface area contributed by atoms with Crippen molar-refractivity contribution in [1.82, 2.24) is 19.5 Å². The molecule has 198 valence electrons. The molecular weight excluding hydrogens is 524 g/mol. The molecule has 5 rings (SSSR count). The minimum Gasteiger partial charge on any atom is -0.374 e. The highest BCUT2D eigenvalue weighted by Crippen LogP contribution is 2.41. The van der Waals surface area contributed by atoms with Crippen molar-refractivity contribution in [2.75, 3.05) is 0 Å². The molecule has 1 atom stereocenters. The molecule has 1 unspecified atom stereocenters. The summed E-state index contributed by atoms with van der Waals surface area (Å²) in [6, 6.07) is 14.4. The van der Waals surface area contributed by atoms with Gasteiger partial charge in [0.25, 0.3) is 0 Å². The van der Waals surface area contributed by atoms with E-state index in [0.717, 1.165) is 18.3 Å². The molecule has 0 saturated carbocycles. The number of pyridine rings is 2. The molecule has 0 aliphatic rings. The Morgan fingerprint density at radius 2 is 1.75 bits per heavy atom. The maximum absolute atomic E-state index is 14.1. The van der Waals surface area contributed by atoms with E-state index in [0.29, 0.717) is 11.1 Å². The molecule has 0 spiro atoms. The van der Waals surface area contributed by atoms with Crippen molar-refractivity contribution in [3.05, 3.63) is 112 Å². The van der Waals surface area contributed by atoms with Crippen molar-refractivity contribution in [2.45, 2.75) is 18.7 Å². The summed E-state index contributed by atoms with van der Waals surface area (Å²) in [5.74, 6) is -0.573. The molecule has 0 bridgehead atoms. The quantitative estimate of drug-likeness (QED) is 0.299. The van der Waals surface area contributed by atoms with E-state index in [1.807, 2.05) is 6.07 Å². The van der Waals surface area contributed by atoms with Crippen molar-refractivity contribution in [2.24, 2.45) is 7.05 Å². The third kappa shape index (κ3) is 4.23. The van der Waals surface area contributed by atoms with Crippen LogP contribution in [0.4, 0.5) is 17.6 Å². The third-order valence-electron chi connectivity index (χ3n) is 6.69. The number of hydrogen-bond donors (Lipinski definition) is 1. The molecular formula is C29H18F4N6O. The molecule has 3 heterocycles. The Balaban J connectivity index is 1.85. The first kappa shape index (κ1) is 26.5. The van der Waals surface area contributed by atoms with E-state index in [-0.39, 0.29) is 44.6 Å². The SMILES string of the molecule is Cc1cc(C(O)(c2ccc(C(F)(F)F)nc2)c2cncn2C)cc2c(C#N)c(-c3cccc(F)c3)c(C#N)nc12. The van der Waals surface area contributed by atoms with Gasteiger partial charge in [-0.15, -0.1) is 0 Å². The Labute approximate surface area is 225 Å². The van der Waals surface area contributed by atoms with Crippen LogP contribution in [0.5, 0.6) is 0 Å². The fourth-order valence-corrected chi connectivity index (χ4v) is 4.81. The molecule has 0 saturated heterocycles. The second-order valence-electron chi connectivity index (χ2n) is 9.16. The lowest BCUT2D eigenvalue weighted by atomic mass is 9.82. The van der Waals surface area contributed by atoms with Crippen LogP contribution < -0.4 is 0 Å². The van der Waals surface area contributed by atoms with Gasteiger partial charge in [-0.1, -0.05) is 24.3 Å². The number of rotatable bonds is 4. The van der Waals surface area contributed by atoms with Gasteiger partial charge in [0.2, 0.25) is 0 Å². The normalized spacial score (nSPS) is 13.0. The monoisotopic (exact) mass is 542 g/mol. The Hall–Kier alpha value is -5.13. The number of alkyl halides is 3. The first-order chi connectivity index (χ1) is 19.0. The maximum Gasteiger partial charge on any atom is 0.433 e. The highest BCUT2D eigenvalue weighted by Gasteiger charge is 2.39. The van der Waals surface area contributed by atoms with Crippen LogP contribution in [0.15, 0.2) is 67.3 Å². The Morgan fingerprint density at radius 3 is 2.33 bits per heavy atom. The summed E-state index contributed by atoms with van der Waals surface area (Å²) in [5.41, 5.74) is -1.65. The zero-order valence-electron chi connectivity index (χ0n) is 21.0. The average molecular weight is 542 g/mol. The van der Waals surface area contributed by atoms with Gasteiger partial charge in [0, 0.05) is 29.8 Å². The number of nitriles is 2. The van der Waals surface area contributed by atoms with Gasteiger partial charge < -0.3 is 9.67 Å². The van der Waals surface area contributed by atoms with Crippen molar-refractivity contribution in [3.8, 4) is 23.3 Å². The standard InChI is InChI=1S/C29H18F4N6O/c1-16-8-19(28(40,25-14-36-15-39(25)2)18-6-7-24(37-13-18)29(31,32)33)10-21-22(11-34)26(23(12-35)38-27(16)21)17-4-3-5-20(30)9-17/h3-10,13-15,40H,1-2H3. The highest BCUT2D eigenvalue weighted by molar-refractivity contribution is 5.95. The van der Waals surface area contributed by atoms with Crippen LogP contribution in [-0.2, 0) is 18.8 Å². The molecule has 0 aliphatic carbocycles. The largest absolute Gasteiger partial charge is 0.433 e. The lowest BCUT2D eigenvalue weighted by Gasteiger charge is -2.30. The zero-order chi connectivity index (χ0) is 28.8. The predicted molar refractivity (Wildman–Crippen MR) is 136 cm³/mol. The molecule has 1 N–H and O–H groups in total. The molecule has 2 aromatic carbocycles. The number of halogens is 4. The number of benzene rings is 2. The van der Waals surface area contributed by atoms with Gasteiger partial charge in [-0.05, 0) is 47.9 Å². The van der Waals surface area contributed by atoms with Gasteiger partial charge in [0.15, 0.2) is 5.60 Å². The molecule has 40 heavy (non-hydrogen) atoms. The van der Waals surface area contributed by atoms with Crippen molar-refractivity contribution in [3.63, 3.8) is 0 Å². The minimum absolute atomic E-state index is 0.0216. The number of fused-ring (bicyclic) bond motifs is 1. The van der Waals surface area contributed by atoms with E-state index in [9.17, 15) is 33.2 Å². The van der Waals surface area contributed by atoms with E-state index in [4.69, 9.17) is 0 Å². The van der Waals surface area contributed by atoms with E-state index in [1.54, 1.807) is 26.1 Å². The molecule has 0 amide bonds. The van der Waals surface area contributed by atoms with Gasteiger partial charge in [-0.3, -0.25) is 4.98 Å². The number of imidazole rings is 1. The Kier molecular flexibility index (Phi) is 6.33. The predicted octanol–water partition coefficient (Wildman–Crippen LogP) is 5.52. The maximum atomic E-state index is 14.1. The van der Waals surface area contributed by atoms with Crippen LogP contribution in [0.1, 0.15) is 39.3 Å². The van der Waals surface area contributed by atoms with Gasteiger partial charge in [-0.25, -0.2) is 14.4 Å². The van der Waals surface area contributed by atoms with Crippen LogP contribution in [0.3, 0.4) is 0 Å². The van der Waals surface area contributed by atoms with E-state index < -0.39 is 23.3 Å². The second kappa shape index (κ2) is 9.56. The topological polar surface area (TPSA) is 111 Å². The highest BCUT2D eigenvalue weighted by atomic mass is 19.4. The van der Waals surface area contributed by atoms with E-state index >= 15 is 0 Å². The average Bonchev–Trinajstić information content (AvgIpc) is 3.37. The van der Waals surface area contributed by atoms with Crippen LogP contribution >= 0.6 is 0 Å². The molecule has 3 aromatic heterocycles. The fourth-order valence-electron chi connectivity index (χ4n) is 4.81. The first-order valence-corrected chi connectivity index (χ1v) is 11.8. The molecule has 0 radical (unpaired) electrons. The first-order valence-electron chi connectivity index (χ1n) is 11.8. The van der Waals surface area contributed by atoms with Crippen LogP contribution in [-0.4, -0.2) is 24.6 Å². The Morgan fingerprint density at radius 1 is 0.975 bits per heavy atom. The number of aromatic nitrogens is 4. The molecule has 0 aliphatic heterocycles. The zero-order valence-corrected chi connectivity index (χ0v) is 21.0. The number of aliphatic hydroxyl groups is 1. The summed E-state index contributed by atoms with van der Waals surface area (Å²) in [7, 11) is 1.61. The summed E-state index contributed by atoms with van der Waals surface area (Å²) in [6.45, 7) is 1.66. The minimum atomic E-state index is -4.68. The Bertz CT molecular complexity index is 1870. The van der Waals surface area contributed by atoms with Crippen LogP contribution in [0, 0.1) is 35.4 Å². The van der Waals surface area contributed by atoms with Crippen molar-refractivity contribution >= 4 is 10.9 Å². The van der Waals surface area contributed by atoms with Crippen molar-refractivity contribution in [1.29, 1.82) is 10.5 Å². The summed E-state index contributed by atoms with van der Waals surface area (Å²) in [4.78, 5) is 12.1. The second-order valence-corrected chi connectivity index (χ2v) is 9.16. The molecule has 7 nitrogen and oxygen atoms in total. The van der Waals surface area contributed by atoms with Crippen LogP contribution in [0.25, 0.3) is 22.0 Å². The van der Waals surface area contributed by atoms with E-state index in [1.165, 1.54) is 41.4 Å². The van der Waals surface area contributed by atoms with Crippen LogP contribution in [0.2, 0.25) is 0 Å². The third-order valence-corrected chi connectivity index (χ3v) is 6.69. The summed E-state index contributed by atoms with van der Waals surface area (Å²) in [5, 5.41) is 32.6.